The van der Waals surface area contributed by atoms with Crippen molar-refractivity contribution in [1.29, 1.82) is 5.26 Å². The van der Waals surface area contributed by atoms with Crippen LogP contribution in [0.15, 0.2) is 0 Å². The number of rotatable bonds is 3. The van der Waals surface area contributed by atoms with Crippen LogP contribution in [0.25, 0.3) is 0 Å². The summed E-state index contributed by atoms with van der Waals surface area (Å²) in [6, 6.07) is 2.50. The van der Waals surface area contributed by atoms with Gasteiger partial charge in [0.05, 0.1) is 5.69 Å². The van der Waals surface area contributed by atoms with Gasteiger partial charge >= 0.3 is 0 Å². The molecule has 1 unspecified atom stereocenters. The highest BCUT2D eigenvalue weighted by atomic mass is 16.5. The van der Waals surface area contributed by atoms with Crippen molar-refractivity contribution in [3.05, 3.63) is 16.8 Å². The highest BCUT2D eigenvalue weighted by Crippen LogP contribution is 2.19. The van der Waals surface area contributed by atoms with E-state index in [0.29, 0.717) is 24.1 Å². The summed E-state index contributed by atoms with van der Waals surface area (Å²) < 4.78 is 5.64. The van der Waals surface area contributed by atoms with Crippen LogP contribution in [0.4, 0.5) is 0 Å². The molecule has 0 aliphatic carbocycles. The third kappa shape index (κ3) is 2.77. The SMILES string of the molecule is Cc1nnc(OCC2CCCCN2)c(C#N)c1C. The monoisotopic (exact) mass is 246 g/mol. The van der Waals surface area contributed by atoms with Crippen molar-refractivity contribution < 1.29 is 4.74 Å². The Morgan fingerprint density at radius 1 is 1.39 bits per heavy atom. The normalized spacial score (nSPS) is 19.3. The Balaban J connectivity index is 2.05. The Labute approximate surface area is 107 Å². The van der Waals surface area contributed by atoms with Gasteiger partial charge in [0, 0.05) is 6.04 Å². The highest BCUT2D eigenvalue weighted by molar-refractivity contribution is 5.44. The summed E-state index contributed by atoms with van der Waals surface area (Å²) in [5.74, 6) is 0.355. The predicted molar refractivity (Wildman–Crippen MR) is 67.4 cm³/mol. The molecule has 96 valence electrons. The first-order valence-electron chi connectivity index (χ1n) is 6.32. The smallest absolute Gasteiger partial charge is 0.251 e. The molecule has 0 saturated carbocycles. The first kappa shape index (κ1) is 12.8. The third-order valence-corrected chi connectivity index (χ3v) is 3.37. The zero-order valence-corrected chi connectivity index (χ0v) is 10.9. The molecular weight excluding hydrogens is 228 g/mol. The van der Waals surface area contributed by atoms with E-state index in [1.807, 2.05) is 13.8 Å². The Morgan fingerprint density at radius 2 is 2.22 bits per heavy atom. The number of aryl methyl sites for hydroxylation is 1. The lowest BCUT2D eigenvalue weighted by Gasteiger charge is -2.23. The van der Waals surface area contributed by atoms with Gasteiger partial charge in [0.15, 0.2) is 0 Å². The lowest BCUT2D eigenvalue weighted by Crippen LogP contribution is -2.38. The topological polar surface area (TPSA) is 70.8 Å². The molecule has 0 amide bonds. The second kappa shape index (κ2) is 5.78. The minimum absolute atomic E-state index is 0.355. The van der Waals surface area contributed by atoms with Crippen LogP contribution in [0.1, 0.15) is 36.1 Å². The lowest BCUT2D eigenvalue weighted by atomic mass is 10.1. The molecular formula is C13H18N4O. The van der Waals surface area contributed by atoms with E-state index >= 15 is 0 Å². The average Bonchev–Trinajstić information content (AvgIpc) is 2.41. The number of ether oxygens (including phenoxy) is 1. The van der Waals surface area contributed by atoms with E-state index in [0.717, 1.165) is 24.2 Å². The number of piperidine rings is 1. The van der Waals surface area contributed by atoms with Crippen molar-refractivity contribution in [1.82, 2.24) is 15.5 Å². The largest absolute Gasteiger partial charge is 0.474 e. The van der Waals surface area contributed by atoms with E-state index < -0.39 is 0 Å². The highest BCUT2D eigenvalue weighted by Gasteiger charge is 2.16. The number of nitrogens with zero attached hydrogens (tertiary/aromatic N) is 3. The minimum Gasteiger partial charge on any atom is -0.474 e. The van der Waals surface area contributed by atoms with Gasteiger partial charge in [-0.05, 0) is 38.8 Å². The van der Waals surface area contributed by atoms with E-state index in [9.17, 15) is 0 Å². The van der Waals surface area contributed by atoms with E-state index in [4.69, 9.17) is 10.00 Å². The standard InChI is InChI=1S/C13H18N4O/c1-9-10(2)16-17-13(12(9)7-14)18-8-11-5-3-4-6-15-11/h11,15H,3-6,8H2,1-2H3. The Morgan fingerprint density at radius 3 is 2.89 bits per heavy atom. The summed E-state index contributed by atoms with van der Waals surface area (Å²) in [5, 5.41) is 20.5. The fourth-order valence-corrected chi connectivity index (χ4v) is 2.07. The van der Waals surface area contributed by atoms with Crippen molar-refractivity contribution >= 4 is 0 Å². The van der Waals surface area contributed by atoms with E-state index in [1.165, 1.54) is 12.8 Å². The molecule has 2 rings (SSSR count). The van der Waals surface area contributed by atoms with Gasteiger partial charge in [0.25, 0.3) is 5.88 Å². The van der Waals surface area contributed by atoms with Crippen molar-refractivity contribution in [3.63, 3.8) is 0 Å². The predicted octanol–water partition coefficient (Wildman–Crippen LogP) is 1.49. The molecule has 5 heteroatoms. The zero-order valence-electron chi connectivity index (χ0n) is 10.9. The minimum atomic E-state index is 0.355. The van der Waals surface area contributed by atoms with Crippen molar-refractivity contribution in [2.45, 2.75) is 39.2 Å². The molecule has 0 bridgehead atoms. The number of nitriles is 1. The zero-order chi connectivity index (χ0) is 13.0. The summed E-state index contributed by atoms with van der Waals surface area (Å²) in [5.41, 5.74) is 2.12. The first-order valence-corrected chi connectivity index (χ1v) is 6.32. The maximum Gasteiger partial charge on any atom is 0.251 e. The van der Waals surface area contributed by atoms with Crippen LogP contribution in [-0.2, 0) is 0 Å². The second-order valence-corrected chi connectivity index (χ2v) is 4.66. The average molecular weight is 246 g/mol. The number of hydrogen-bond acceptors (Lipinski definition) is 5. The van der Waals surface area contributed by atoms with Gasteiger partial charge in [0.1, 0.15) is 18.2 Å². The van der Waals surface area contributed by atoms with Crippen LogP contribution in [0.5, 0.6) is 5.88 Å². The van der Waals surface area contributed by atoms with E-state index in [1.54, 1.807) is 0 Å². The fraction of sp³-hybridized carbons (Fsp3) is 0.615. The molecule has 0 spiro atoms. The van der Waals surface area contributed by atoms with Gasteiger partial charge in [-0.25, -0.2) is 0 Å². The number of nitrogens with one attached hydrogen (secondary N) is 1. The molecule has 1 aromatic heterocycles. The second-order valence-electron chi connectivity index (χ2n) is 4.66. The van der Waals surface area contributed by atoms with Crippen LogP contribution in [0.2, 0.25) is 0 Å². The molecule has 0 aromatic carbocycles. The molecule has 1 aliphatic heterocycles. The lowest BCUT2D eigenvalue weighted by molar-refractivity contribution is 0.229. The van der Waals surface area contributed by atoms with Crippen molar-refractivity contribution in [2.24, 2.45) is 0 Å². The molecule has 1 saturated heterocycles. The summed E-state index contributed by atoms with van der Waals surface area (Å²) >= 11 is 0. The number of aromatic nitrogens is 2. The van der Waals surface area contributed by atoms with Gasteiger partial charge in [-0.3, -0.25) is 0 Å². The Kier molecular flexibility index (Phi) is 4.11. The summed E-state index contributed by atoms with van der Waals surface area (Å²) in [6.45, 7) is 5.30. The Bertz CT molecular complexity index is 461. The van der Waals surface area contributed by atoms with Gasteiger partial charge in [-0.15, -0.1) is 5.10 Å². The summed E-state index contributed by atoms with van der Waals surface area (Å²) in [4.78, 5) is 0. The maximum absolute atomic E-state index is 9.15. The molecule has 2 heterocycles. The van der Waals surface area contributed by atoms with Gasteiger partial charge in [0.2, 0.25) is 0 Å². The van der Waals surface area contributed by atoms with Crippen LogP contribution >= 0.6 is 0 Å². The maximum atomic E-state index is 9.15. The van der Waals surface area contributed by atoms with Crippen molar-refractivity contribution in [2.75, 3.05) is 13.2 Å². The summed E-state index contributed by atoms with van der Waals surface area (Å²) in [6.07, 6.45) is 3.56. The van der Waals surface area contributed by atoms with Gasteiger partial charge in [-0.2, -0.15) is 10.4 Å². The fourth-order valence-electron chi connectivity index (χ4n) is 2.07. The van der Waals surface area contributed by atoms with E-state index in [2.05, 4.69) is 21.6 Å². The van der Waals surface area contributed by atoms with Gasteiger partial charge < -0.3 is 10.1 Å². The molecule has 0 radical (unpaired) electrons. The molecule has 1 fully saturated rings. The van der Waals surface area contributed by atoms with Crippen LogP contribution in [0, 0.1) is 25.2 Å². The molecule has 1 aromatic rings. The molecule has 5 nitrogen and oxygen atoms in total. The van der Waals surface area contributed by atoms with Crippen LogP contribution < -0.4 is 10.1 Å². The van der Waals surface area contributed by atoms with Crippen LogP contribution in [0.3, 0.4) is 0 Å². The van der Waals surface area contributed by atoms with Gasteiger partial charge in [-0.1, -0.05) is 6.42 Å². The first-order chi connectivity index (χ1) is 8.72. The summed E-state index contributed by atoms with van der Waals surface area (Å²) in [7, 11) is 0. The molecule has 1 atom stereocenters. The Hall–Kier alpha value is -1.67. The molecule has 1 aliphatic rings. The quantitative estimate of drug-likeness (QED) is 0.874. The molecule has 18 heavy (non-hydrogen) atoms. The van der Waals surface area contributed by atoms with Crippen molar-refractivity contribution in [3.8, 4) is 11.9 Å². The molecule has 1 N–H and O–H groups in total. The van der Waals surface area contributed by atoms with Crippen LogP contribution in [-0.4, -0.2) is 29.4 Å². The third-order valence-electron chi connectivity index (χ3n) is 3.37. The number of hydrogen-bond donors (Lipinski definition) is 1. The van der Waals surface area contributed by atoms with E-state index in [-0.39, 0.29) is 0 Å².